The first-order valence-corrected chi connectivity index (χ1v) is 4.63. The summed E-state index contributed by atoms with van der Waals surface area (Å²) >= 11 is 0. The van der Waals surface area contributed by atoms with Gasteiger partial charge in [-0.15, -0.1) is 0 Å². The third-order valence-corrected chi connectivity index (χ3v) is 2.24. The van der Waals surface area contributed by atoms with Crippen LogP contribution in [0.25, 0.3) is 11.3 Å². The van der Waals surface area contributed by atoms with Gasteiger partial charge in [0, 0.05) is 23.5 Å². The average Bonchev–Trinajstić information content (AvgIpc) is 2.31. The lowest BCUT2D eigenvalue weighted by atomic mass is 10.0. The van der Waals surface area contributed by atoms with Gasteiger partial charge in [0.2, 0.25) is 0 Å². The van der Waals surface area contributed by atoms with Crippen molar-refractivity contribution in [2.24, 2.45) is 0 Å². The first kappa shape index (κ1) is 9.52. The summed E-state index contributed by atoms with van der Waals surface area (Å²) in [5, 5.41) is 0. The van der Waals surface area contributed by atoms with Crippen LogP contribution in [0.5, 0.6) is 0 Å². The largest absolute Gasteiger partial charge is 0.298 e. The van der Waals surface area contributed by atoms with Crippen molar-refractivity contribution in [2.75, 3.05) is 0 Å². The lowest BCUT2D eigenvalue weighted by molar-refractivity contribution is 0.112. The number of nitrogens with zero attached hydrogens (tertiary/aromatic N) is 2. The summed E-state index contributed by atoms with van der Waals surface area (Å²) in [6, 6.07) is 5.53. The molecule has 0 aliphatic rings. The zero-order chi connectivity index (χ0) is 10.7. The fourth-order valence-electron chi connectivity index (χ4n) is 1.43. The highest BCUT2D eigenvalue weighted by Gasteiger charge is 2.03. The van der Waals surface area contributed by atoms with Gasteiger partial charge in [-0.3, -0.25) is 14.8 Å². The Bertz CT molecular complexity index is 480. The molecule has 0 aliphatic carbocycles. The molecular weight excluding hydrogens is 188 g/mol. The third kappa shape index (κ3) is 1.91. The van der Waals surface area contributed by atoms with Crippen molar-refractivity contribution in [3.63, 3.8) is 0 Å². The quantitative estimate of drug-likeness (QED) is 0.695. The maximum absolute atomic E-state index is 10.7. The second-order valence-electron chi connectivity index (χ2n) is 3.28. The minimum atomic E-state index is 0.654. The second kappa shape index (κ2) is 4.00. The van der Waals surface area contributed by atoms with Crippen molar-refractivity contribution in [2.45, 2.75) is 6.92 Å². The Balaban J connectivity index is 2.57. The molecule has 0 spiro atoms. The number of carbonyl (C=O) groups excluding carboxylic acids is 1. The Labute approximate surface area is 87.8 Å². The van der Waals surface area contributed by atoms with E-state index in [4.69, 9.17) is 0 Å². The smallest absolute Gasteiger partial charge is 0.150 e. The van der Waals surface area contributed by atoms with Gasteiger partial charge in [-0.25, -0.2) is 0 Å². The van der Waals surface area contributed by atoms with Gasteiger partial charge >= 0.3 is 0 Å². The number of hydrogen-bond acceptors (Lipinski definition) is 3. The zero-order valence-electron chi connectivity index (χ0n) is 8.34. The van der Waals surface area contributed by atoms with E-state index in [-0.39, 0.29) is 0 Å². The summed E-state index contributed by atoms with van der Waals surface area (Å²) in [5.74, 6) is 0. The highest BCUT2D eigenvalue weighted by molar-refractivity contribution is 5.79. The summed E-state index contributed by atoms with van der Waals surface area (Å²) in [5.41, 5.74) is 3.48. The van der Waals surface area contributed by atoms with Gasteiger partial charge in [-0.05, 0) is 18.6 Å². The number of aryl methyl sites for hydroxylation is 1. The number of benzene rings is 1. The topological polar surface area (TPSA) is 42.9 Å². The predicted octanol–water partition coefficient (Wildman–Crippen LogP) is 2.26. The van der Waals surface area contributed by atoms with Gasteiger partial charge in [0.15, 0.2) is 0 Å². The van der Waals surface area contributed by atoms with Crippen LogP contribution >= 0.6 is 0 Å². The van der Waals surface area contributed by atoms with E-state index < -0.39 is 0 Å². The maximum Gasteiger partial charge on any atom is 0.150 e. The summed E-state index contributed by atoms with van der Waals surface area (Å²) in [6.45, 7) is 1.98. The van der Waals surface area contributed by atoms with E-state index in [9.17, 15) is 4.79 Å². The Hall–Kier alpha value is -2.03. The fourth-order valence-corrected chi connectivity index (χ4v) is 1.43. The molecule has 3 nitrogen and oxygen atoms in total. The normalized spacial score (nSPS) is 9.93. The van der Waals surface area contributed by atoms with Gasteiger partial charge < -0.3 is 0 Å². The first-order valence-electron chi connectivity index (χ1n) is 4.63. The molecule has 3 heteroatoms. The Kier molecular flexibility index (Phi) is 2.54. The highest BCUT2D eigenvalue weighted by atomic mass is 16.1. The number of carbonyl (C=O) groups is 1. The molecule has 0 radical (unpaired) electrons. The van der Waals surface area contributed by atoms with Crippen LogP contribution < -0.4 is 0 Å². The van der Waals surface area contributed by atoms with Crippen LogP contribution in [-0.4, -0.2) is 16.3 Å². The Morgan fingerprint density at radius 3 is 2.80 bits per heavy atom. The minimum absolute atomic E-state index is 0.654. The molecule has 1 aromatic heterocycles. The molecule has 74 valence electrons. The Morgan fingerprint density at radius 1 is 1.27 bits per heavy atom. The van der Waals surface area contributed by atoms with Crippen LogP contribution in [0.15, 0.2) is 36.8 Å². The summed E-state index contributed by atoms with van der Waals surface area (Å²) in [7, 11) is 0. The van der Waals surface area contributed by atoms with Crippen LogP contribution in [0.2, 0.25) is 0 Å². The maximum atomic E-state index is 10.7. The van der Waals surface area contributed by atoms with Crippen LogP contribution in [0.4, 0.5) is 0 Å². The predicted molar refractivity (Wildman–Crippen MR) is 57.6 cm³/mol. The van der Waals surface area contributed by atoms with E-state index >= 15 is 0 Å². The van der Waals surface area contributed by atoms with E-state index in [1.807, 2.05) is 19.1 Å². The molecule has 0 aliphatic heterocycles. The van der Waals surface area contributed by atoms with Crippen LogP contribution in [0.1, 0.15) is 15.9 Å². The number of hydrogen-bond donors (Lipinski definition) is 0. The molecule has 2 aromatic rings. The zero-order valence-corrected chi connectivity index (χ0v) is 8.34. The standard InChI is InChI=1S/C12H10N2O/c1-9-2-3-10(8-15)6-11(9)12-7-13-4-5-14-12/h2-8H,1H3. The molecule has 0 saturated heterocycles. The summed E-state index contributed by atoms with van der Waals surface area (Å²) < 4.78 is 0. The molecule has 0 N–H and O–H groups in total. The molecular formula is C12H10N2O. The SMILES string of the molecule is Cc1ccc(C=O)cc1-c1cnccn1. The van der Waals surface area contributed by atoms with Gasteiger partial charge in [0.05, 0.1) is 11.9 Å². The van der Waals surface area contributed by atoms with E-state index in [1.54, 1.807) is 24.7 Å². The van der Waals surface area contributed by atoms with E-state index in [1.165, 1.54) is 0 Å². The van der Waals surface area contributed by atoms with E-state index in [2.05, 4.69) is 9.97 Å². The second-order valence-corrected chi connectivity index (χ2v) is 3.28. The molecule has 0 saturated carbocycles. The van der Waals surface area contributed by atoms with Crippen molar-refractivity contribution in [3.8, 4) is 11.3 Å². The molecule has 1 aromatic carbocycles. The summed E-state index contributed by atoms with van der Waals surface area (Å²) in [4.78, 5) is 18.9. The van der Waals surface area contributed by atoms with Crippen molar-refractivity contribution >= 4 is 6.29 Å². The van der Waals surface area contributed by atoms with E-state index in [0.717, 1.165) is 23.1 Å². The van der Waals surface area contributed by atoms with Crippen molar-refractivity contribution < 1.29 is 4.79 Å². The van der Waals surface area contributed by atoms with Gasteiger partial charge in [-0.1, -0.05) is 12.1 Å². The van der Waals surface area contributed by atoms with Crippen LogP contribution in [0.3, 0.4) is 0 Å². The van der Waals surface area contributed by atoms with E-state index in [0.29, 0.717) is 5.56 Å². The Morgan fingerprint density at radius 2 is 2.13 bits per heavy atom. The molecule has 1 heterocycles. The molecule has 0 unspecified atom stereocenters. The van der Waals surface area contributed by atoms with Gasteiger partial charge in [-0.2, -0.15) is 0 Å². The van der Waals surface area contributed by atoms with Crippen molar-refractivity contribution in [1.82, 2.24) is 9.97 Å². The minimum Gasteiger partial charge on any atom is -0.298 e. The first-order chi connectivity index (χ1) is 7.31. The highest BCUT2D eigenvalue weighted by Crippen LogP contribution is 2.21. The number of rotatable bonds is 2. The summed E-state index contributed by atoms with van der Waals surface area (Å²) in [6.07, 6.45) is 5.79. The molecule has 0 fully saturated rings. The van der Waals surface area contributed by atoms with Crippen molar-refractivity contribution in [1.29, 1.82) is 0 Å². The van der Waals surface area contributed by atoms with Crippen molar-refractivity contribution in [3.05, 3.63) is 47.9 Å². The molecule has 2 rings (SSSR count). The molecule has 15 heavy (non-hydrogen) atoms. The fraction of sp³-hybridized carbons (Fsp3) is 0.0833. The van der Waals surface area contributed by atoms with Crippen LogP contribution in [0, 0.1) is 6.92 Å². The molecule has 0 atom stereocenters. The van der Waals surface area contributed by atoms with Crippen LogP contribution in [-0.2, 0) is 0 Å². The third-order valence-electron chi connectivity index (χ3n) is 2.24. The van der Waals surface area contributed by atoms with Gasteiger partial charge in [0.25, 0.3) is 0 Å². The lowest BCUT2D eigenvalue weighted by Crippen LogP contribution is -1.90. The average molecular weight is 198 g/mol. The molecule has 0 amide bonds. The number of aromatic nitrogens is 2. The van der Waals surface area contributed by atoms with Gasteiger partial charge in [0.1, 0.15) is 6.29 Å². The molecule has 0 bridgehead atoms. The lowest BCUT2D eigenvalue weighted by Gasteiger charge is -2.04. The monoisotopic (exact) mass is 198 g/mol. The number of aldehydes is 1.